The van der Waals surface area contributed by atoms with E-state index in [1.165, 1.54) is 0 Å². The highest BCUT2D eigenvalue weighted by Crippen LogP contribution is 2.47. The minimum absolute atomic E-state index is 0.197. The van der Waals surface area contributed by atoms with Crippen LogP contribution in [0.1, 0.15) is 18.4 Å². The molecule has 0 unspecified atom stereocenters. The maximum atomic E-state index is 12.1. The van der Waals surface area contributed by atoms with Gasteiger partial charge in [-0.1, -0.05) is 36.4 Å². The van der Waals surface area contributed by atoms with Crippen LogP contribution in [0.5, 0.6) is 0 Å². The number of nitrogens with one attached hydrogen (secondary N) is 2. The van der Waals surface area contributed by atoms with Crippen LogP contribution in [-0.4, -0.2) is 6.03 Å². The molecule has 0 aromatic heterocycles. The zero-order valence-electron chi connectivity index (χ0n) is 11.1. The molecule has 102 valence electrons. The average Bonchev–Trinajstić information content (AvgIpc) is 3.20. The van der Waals surface area contributed by atoms with Gasteiger partial charge in [-0.2, -0.15) is 0 Å². The van der Waals surface area contributed by atoms with Crippen molar-refractivity contribution in [1.82, 2.24) is 5.32 Å². The van der Waals surface area contributed by atoms with Gasteiger partial charge in [0.05, 0.1) is 5.54 Å². The largest absolute Gasteiger partial charge is 0.398 e. The summed E-state index contributed by atoms with van der Waals surface area (Å²) in [5.41, 5.74) is 8.21. The monoisotopic (exact) mass is 267 g/mol. The third-order valence-electron chi connectivity index (χ3n) is 3.61. The van der Waals surface area contributed by atoms with Crippen LogP contribution in [0, 0.1) is 0 Å². The van der Waals surface area contributed by atoms with Crippen molar-refractivity contribution in [2.45, 2.75) is 18.4 Å². The summed E-state index contributed by atoms with van der Waals surface area (Å²) in [6, 6.07) is 16.9. The van der Waals surface area contributed by atoms with Crippen molar-refractivity contribution < 1.29 is 4.79 Å². The fourth-order valence-electron chi connectivity index (χ4n) is 2.42. The van der Waals surface area contributed by atoms with Gasteiger partial charge in [-0.3, -0.25) is 0 Å². The Morgan fingerprint density at radius 2 is 1.65 bits per heavy atom. The molecule has 20 heavy (non-hydrogen) atoms. The molecular weight excluding hydrogens is 250 g/mol. The van der Waals surface area contributed by atoms with E-state index in [0.717, 1.165) is 29.8 Å². The lowest BCUT2D eigenvalue weighted by molar-refractivity contribution is 0.247. The number of para-hydroxylation sites is 2. The van der Waals surface area contributed by atoms with Crippen molar-refractivity contribution in [3.63, 3.8) is 0 Å². The molecule has 0 heterocycles. The first kappa shape index (κ1) is 12.5. The van der Waals surface area contributed by atoms with E-state index in [9.17, 15) is 4.79 Å². The zero-order valence-corrected chi connectivity index (χ0v) is 11.1. The summed E-state index contributed by atoms with van der Waals surface area (Å²) in [5.74, 6) is 0. The van der Waals surface area contributed by atoms with Crippen molar-refractivity contribution in [3.8, 4) is 0 Å². The van der Waals surface area contributed by atoms with E-state index >= 15 is 0 Å². The second-order valence-electron chi connectivity index (χ2n) is 5.11. The van der Waals surface area contributed by atoms with E-state index in [1.54, 1.807) is 0 Å². The van der Waals surface area contributed by atoms with Crippen LogP contribution in [-0.2, 0) is 5.54 Å². The highest BCUT2D eigenvalue weighted by atomic mass is 16.2. The summed E-state index contributed by atoms with van der Waals surface area (Å²) in [4.78, 5) is 12.1. The Labute approximate surface area is 118 Å². The number of hydrogen-bond donors (Lipinski definition) is 3. The van der Waals surface area contributed by atoms with Gasteiger partial charge < -0.3 is 16.4 Å². The Balaban J connectivity index is 1.72. The molecule has 2 aromatic carbocycles. The molecule has 1 aliphatic carbocycles. The molecule has 4 N–H and O–H groups in total. The van der Waals surface area contributed by atoms with Crippen LogP contribution in [0.2, 0.25) is 0 Å². The van der Waals surface area contributed by atoms with Crippen molar-refractivity contribution in [2.24, 2.45) is 0 Å². The second kappa shape index (κ2) is 4.89. The lowest BCUT2D eigenvalue weighted by atomic mass is 10.0. The molecule has 1 aliphatic rings. The molecule has 0 radical (unpaired) electrons. The van der Waals surface area contributed by atoms with E-state index in [-0.39, 0.29) is 11.6 Å². The lowest BCUT2D eigenvalue weighted by Gasteiger charge is -2.20. The molecule has 2 amide bonds. The Bertz CT molecular complexity index is 621. The van der Waals surface area contributed by atoms with E-state index in [2.05, 4.69) is 10.6 Å². The van der Waals surface area contributed by atoms with Crippen LogP contribution in [0.3, 0.4) is 0 Å². The summed E-state index contributed by atoms with van der Waals surface area (Å²) in [6.07, 6.45) is 1.84. The van der Waals surface area contributed by atoms with Crippen LogP contribution < -0.4 is 16.4 Å². The number of nitrogens with two attached hydrogens (primary N) is 1. The molecule has 3 rings (SSSR count). The molecule has 0 atom stereocenters. The number of carbonyl (C=O) groups excluding carboxylic acids is 1. The van der Waals surface area contributed by atoms with Crippen molar-refractivity contribution in [1.29, 1.82) is 0 Å². The van der Waals surface area contributed by atoms with Crippen LogP contribution in [0.25, 0.3) is 0 Å². The normalized spacial score (nSPS) is 15.4. The van der Waals surface area contributed by atoms with Gasteiger partial charge in [-0.25, -0.2) is 4.79 Å². The summed E-state index contributed by atoms with van der Waals surface area (Å²) in [6.45, 7) is 0. The molecular formula is C16H17N3O. The van der Waals surface area contributed by atoms with E-state index in [1.807, 2.05) is 54.6 Å². The van der Waals surface area contributed by atoms with Gasteiger partial charge in [0.15, 0.2) is 0 Å². The van der Waals surface area contributed by atoms with E-state index in [0.29, 0.717) is 0 Å². The predicted octanol–water partition coefficient (Wildman–Crippen LogP) is 3.08. The number of amides is 2. The van der Waals surface area contributed by atoms with Crippen molar-refractivity contribution >= 4 is 17.4 Å². The van der Waals surface area contributed by atoms with Gasteiger partial charge in [-0.15, -0.1) is 0 Å². The lowest BCUT2D eigenvalue weighted by Crippen LogP contribution is -2.38. The predicted molar refractivity (Wildman–Crippen MR) is 80.4 cm³/mol. The first-order chi connectivity index (χ1) is 9.70. The van der Waals surface area contributed by atoms with Crippen LogP contribution in [0.15, 0.2) is 54.6 Å². The van der Waals surface area contributed by atoms with Gasteiger partial charge in [0.2, 0.25) is 0 Å². The standard InChI is InChI=1S/C16H17N3O/c17-14-9-5-4-8-13(14)16(10-11-16)19-15(20)18-12-6-2-1-3-7-12/h1-9H,10-11,17H2,(H2,18,19,20). The molecule has 1 saturated carbocycles. The highest BCUT2D eigenvalue weighted by molar-refractivity contribution is 5.90. The number of nitrogen functional groups attached to an aromatic ring is 1. The highest BCUT2D eigenvalue weighted by Gasteiger charge is 2.46. The van der Waals surface area contributed by atoms with E-state index in [4.69, 9.17) is 5.73 Å². The molecule has 4 heteroatoms. The Morgan fingerprint density at radius 1 is 1.00 bits per heavy atom. The SMILES string of the molecule is Nc1ccccc1C1(NC(=O)Nc2ccccc2)CC1. The summed E-state index contributed by atoms with van der Waals surface area (Å²) >= 11 is 0. The third kappa shape index (κ3) is 2.45. The molecule has 2 aromatic rings. The number of benzene rings is 2. The molecule has 1 fully saturated rings. The number of carbonyl (C=O) groups is 1. The van der Waals surface area contributed by atoms with Crippen LogP contribution >= 0.6 is 0 Å². The first-order valence-corrected chi connectivity index (χ1v) is 6.69. The van der Waals surface area contributed by atoms with Gasteiger partial charge in [0.25, 0.3) is 0 Å². The maximum absolute atomic E-state index is 12.1. The zero-order chi connectivity index (χ0) is 14.0. The summed E-state index contributed by atoms with van der Waals surface area (Å²) in [7, 11) is 0. The average molecular weight is 267 g/mol. The smallest absolute Gasteiger partial charge is 0.319 e. The van der Waals surface area contributed by atoms with Gasteiger partial charge in [-0.05, 0) is 31.0 Å². The fourth-order valence-corrected chi connectivity index (χ4v) is 2.42. The topological polar surface area (TPSA) is 67.1 Å². The quantitative estimate of drug-likeness (QED) is 0.748. The van der Waals surface area contributed by atoms with E-state index < -0.39 is 0 Å². The molecule has 0 bridgehead atoms. The van der Waals surface area contributed by atoms with Crippen LogP contribution in [0.4, 0.5) is 16.2 Å². The summed E-state index contributed by atoms with van der Waals surface area (Å²) in [5, 5.41) is 5.88. The third-order valence-corrected chi connectivity index (χ3v) is 3.61. The Kier molecular flexibility index (Phi) is 3.06. The second-order valence-corrected chi connectivity index (χ2v) is 5.11. The van der Waals surface area contributed by atoms with Gasteiger partial charge >= 0.3 is 6.03 Å². The summed E-state index contributed by atoms with van der Waals surface area (Å²) < 4.78 is 0. The maximum Gasteiger partial charge on any atom is 0.319 e. The van der Waals surface area contributed by atoms with Gasteiger partial charge in [0.1, 0.15) is 0 Å². The van der Waals surface area contributed by atoms with Crippen molar-refractivity contribution in [3.05, 3.63) is 60.2 Å². The minimum atomic E-state index is -0.301. The molecule has 0 aliphatic heterocycles. The first-order valence-electron chi connectivity index (χ1n) is 6.69. The number of urea groups is 1. The number of rotatable bonds is 3. The number of anilines is 2. The fraction of sp³-hybridized carbons (Fsp3) is 0.188. The van der Waals surface area contributed by atoms with Gasteiger partial charge in [0, 0.05) is 16.9 Å². The molecule has 0 spiro atoms. The van der Waals surface area contributed by atoms with Crippen molar-refractivity contribution in [2.75, 3.05) is 11.1 Å². The minimum Gasteiger partial charge on any atom is -0.398 e. The Morgan fingerprint density at radius 3 is 2.30 bits per heavy atom. The molecule has 4 nitrogen and oxygen atoms in total. The Hall–Kier alpha value is -2.49. The molecule has 0 saturated heterocycles. The number of hydrogen-bond acceptors (Lipinski definition) is 2.